The average Bonchev–Trinajstić information content (AvgIpc) is 2.85. The van der Waals surface area contributed by atoms with Crippen LogP contribution >= 0.6 is 11.3 Å². The number of likely N-dealkylation sites (tertiary alicyclic amines) is 1. The van der Waals surface area contributed by atoms with Gasteiger partial charge in [-0.3, -0.25) is 4.79 Å². The molecule has 0 N–H and O–H groups in total. The summed E-state index contributed by atoms with van der Waals surface area (Å²) in [6, 6.07) is 2.54. The van der Waals surface area contributed by atoms with Gasteiger partial charge in [0.15, 0.2) is 0 Å². The molecule has 3 heteroatoms. The van der Waals surface area contributed by atoms with E-state index in [0.29, 0.717) is 17.9 Å². The zero-order valence-corrected chi connectivity index (χ0v) is 10.2. The van der Waals surface area contributed by atoms with Crippen LogP contribution in [0, 0.1) is 5.92 Å². The Labute approximate surface area is 100 Å². The molecule has 1 saturated carbocycles. The van der Waals surface area contributed by atoms with Gasteiger partial charge in [0.05, 0.1) is 6.04 Å². The molecule has 0 bridgehead atoms. The molecule has 1 aromatic rings. The lowest BCUT2D eigenvalue weighted by atomic mass is 9.84. The van der Waals surface area contributed by atoms with Gasteiger partial charge in [0.1, 0.15) is 0 Å². The third-order valence-electron chi connectivity index (χ3n) is 3.92. The molecule has 2 fully saturated rings. The van der Waals surface area contributed by atoms with E-state index in [9.17, 15) is 4.79 Å². The molecule has 1 saturated heterocycles. The minimum Gasteiger partial charge on any atom is -0.335 e. The highest BCUT2D eigenvalue weighted by Crippen LogP contribution is 2.37. The van der Waals surface area contributed by atoms with Crippen LogP contribution in [0.5, 0.6) is 0 Å². The van der Waals surface area contributed by atoms with Crippen LogP contribution in [0.25, 0.3) is 0 Å². The van der Waals surface area contributed by atoms with Crippen molar-refractivity contribution >= 4 is 17.2 Å². The van der Waals surface area contributed by atoms with E-state index >= 15 is 0 Å². The Hall–Kier alpha value is -0.830. The fourth-order valence-electron chi connectivity index (χ4n) is 2.73. The van der Waals surface area contributed by atoms with Crippen molar-refractivity contribution in [2.75, 3.05) is 6.54 Å². The number of carbonyl (C=O) groups excluding carboxylic acids is 1. The summed E-state index contributed by atoms with van der Waals surface area (Å²) >= 11 is 1.73. The van der Waals surface area contributed by atoms with Crippen LogP contribution in [0.3, 0.4) is 0 Å². The number of hydrogen-bond acceptors (Lipinski definition) is 2. The van der Waals surface area contributed by atoms with E-state index in [1.165, 1.54) is 18.4 Å². The molecule has 0 unspecified atom stereocenters. The summed E-state index contributed by atoms with van der Waals surface area (Å²) in [7, 11) is 0. The Morgan fingerprint density at radius 2 is 2.19 bits per heavy atom. The second-order valence-electron chi connectivity index (χ2n) is 4.87. The van der Waals surface area contributed by atoms with Crippen LogP contribution in [0.15, 0.2) is 16.8 Å². The lowest BCUT2D eigenvalue weighted by molar-refractivity contribution is -0.139. The van der Waals surface area contributed by atoms with Crippen LogP contribution in [0.2, 0.25) is 0 Å². The molecule has 1 aromatic heterocycles. The summed E-state index contributed by atoms with van der Waals surface area (Å²) in [5.41, 5.74) is 1.34. The quantitative estimate of drug-likeness (QED) is 0.770. The highest BCUT2D eigenvalue weighted by atomic mass is 32.1. The molecule has 2 aliphatic rings. The van der Waals surface area contributed by atoms with Gasteiger partial charge in [-0.2, -0.15) is 11.3 Å². The summed E-state index contributed by atoms with van der Waals surface area (Å²) < 4.78 is 0. The van der Waals surface area contributed by atoms with Gasteiger partial charge in [-0.15, -0.1) is 0 Å². The van der Waals surface area contributed by atoms with Crippen LogP contribution in [0.4, 0.5) is 0 Å². The molecule has 1 atom stereocenters. The molecule has 2 nitrogen and oxygen atoms in total. The Bertz CT molecular complexity index is 369. The summed E-state index contributed by atoms with van der Waals surface area (Å²) in [6.07, 6.45) is 5.79. The number of rotatable bonds is 2. The maximum Gasteiger partial charge on any atom is 0.226 e. The predicted octanol–water partition coefficient (Wildman–Crippen LogP) is 3.21. The molecule has 0 radical (unpaired) electrons. The predicted molar refractivity (Wildman–Crippen MR) is 65.3 cm³/mol. The lowest BCUT2D eigenvalue weighted by Crippen LogP contribution is -2.38. The van der Waals surface area contributed by atoms with Crippen molar-refractivity contribution in [2.45, 2.75) is 38.1 Å². The molecule has 2 heterocycles. The Balaban J connectivity index is 1.76. The fraction of sp³-hybridized carbons (Fsp3) is 0.615. The van der Waals surface area contributed by atoms with Crippen LogP contribution in [-0.2, 0) is 4.79 Å². The number of carbonyl (C=O) groups is 1. The average molecular weight is 235 g/mol. The Morgan fingerprint density at radius 1 is 1.31 bits per heavy atom. The lowest BCUT2D eigenvalue weighted by Gasteiger charge is -2.32. The molecule has 16 heavy (non-hydrogen) atoms. The summed E-state index contributed by atoms with van der Waals surface area (Å²) in [5, 5.41) is 4.30. The monoisotopic (exact) mass is 235 g/mol. The molecule has 3 rings (SSSR count). The topological polar surface area (TPSA) is 20.3 Å². The van der Waals surface area contributed by atoms with Crippen molar-refractivity contribution in [3.63, 3.8) is 0 Å². The number of nitrogens with zero attached hydrogens (tertiary/aromatic N) is 1. The van der Waals surface area contributed by atoms with Gasteiger partial charge in [-0.05, 0) is 48.1 Å². The van der Waals surface area contributed by atoms with Crippen LogP contribution in [0.1, 0.15) is 43.7 Å². The molecule has 1 aliphatic heterocycles. The second kappa shape index (κ2) is 4.21. The van der Waals surface area contributed by atoms with Gasteiger partial charge in [0, 0.05) is 12.5 Å². The number of hydrogen-bond donors (Lipinski definition) is 0. The molecule has 0 aromatic carbocycles. The molecule has 86 valence electrons. The van der Waals surface area contributed by atoms with Gasteiger partial charge in [0.2, 0.25) is 5.91 Å². The third kappa shape index (κ3) is 1.67. The number of thiophene rings is 1. The molecule has 1 amide bonds. The van der Waals surface area contributed by atoms with E-state index in [1.807, 2.05) is 0 Å². The fourth-order valence-corrected chi connectivity index (χ4v) is 3.44. The minimum absolute atomic E-state index is 0.347. The first-order chi connectivity index (χ1) is 7.86. The molecular formula is C13H17NOS. The Morgan fingerprint density at radius 3 is 2.81 bits per heavy atom. The SMILES string of the molecule is O=C(C1CCC1)N1CCC[C@H]1c1ccsc1. The van der Waals surface area contributed by atoms with E-state index in [1.54, 1.807) is 11.3 Å². The van der Waals surface area contributed by atoms with Gasteiger partial charge < -0.3 is 4.90 Å². The standard InChI is InChI=1S/C13H17NOS/c15-13(10-3-1-4-10)14-7-2-5-12(14)11-6-8-16-9-11/h6,8-10,12H,1-5,7H2/t12-/m0/s1. The van der Waals surface area contributed by atoms with Crippen molar-refractivity contribution in [1.82, 2.24) is 4.90 Å². The van der Waals surface area contributed by atoms with E-state index < -0.39 is 0 Å². The zero-order chi connectivity index (χ0) is 11.0. The smallest absolute Gasteiger partial charge is 0.226 e. The van der Waals surface area contributed by atoms with Gasteiger partial charge in [0.25, 0.3) is 0 Å². The summed E-state index contributed by atoms with van der Waals surface area (Å²) in [6.45, 7) is 0.968. The van der Waals surface area contributed by atoms with E-state index in [-0.39, 0.29) is 0 Å². The molecule has 0 spiro atoms. The van der Waals surface area contributed by atoms with Gasteiger partial charge >= 0.3 is 0 Å². The first kappa shape index (κ1) is 10.3. The maximum atomic E-state index is 12.3. The van der Waals surface area contributed by atoms with Crippen molar-refractivity contribution in [1.29, 1.82) is 0 Å². The first-order valence-electron chi connectivity index (χ1n) is 6.19. The van der Waals surface area contributed by atoms with E-state index in [0.717, 1.165) is 25.8 Å². The highest BCUT2D eigenvalue weighted by molar-refractivity contribution is 7.07. The van der Waals surface area contributed by atoms with Crippen LogP contribution in [-0.4, -0.2) is 17.4 Å². The van der Waals surface area contributed by atoms with Gasteiger partial charge in [-0.25, -0.2) is 0 Å². The van der Waals surface area contributed by atoms with Crippen molar-refractivity contribution in [2.24, 2.45) is 5.92 Å². The van der Waals surface area contributed by atoms with Gasteiger partial charge in [-0.1, -0.05) is 6.42 Å². The zero-order valence-electron chi connectivity index (χ0n) is 9.39. The Kier molecular flexibility index (Phi) is 2.72. The summed E-state index contributed by atoms with van der Waals surface area (Å²) in [5.74, 6) is 0.763. The number of amides is 1. The normalized spacial score (nSPS) is 25.8. The second-order valence-corrected chi connectivity index (χ2v) is 5.65. The summed E-state index contributed by atoms with van der Waals surface area (Å²) in [4.78, 5) is 14.4. The largest absolute Gasteiger partial charge is 0.335 e. The maximum absolute atomic E-state index is 12.3. The molecule has 1 aliphatic carbocycles. The molecular weight excluding hydrogens is 218 g/mol. The third-order valence-corrected chi connectivity index (χ3v) is 4.62. The van der Waals surface area contributed by atoms with Crippen molar-refractivity contribution in [3.8, 4) is 0 Å². The highest BCUT2D eigenvalue weighted by Gasteiger charge is 2.36. The van der Waals surface area contributed by atoms with Crippen molar-refractivity contribution < 1.29 is 4.79 Å². The van der Waals surface area contributed by atoms with E-state index in [4.69, 9.17) is 0 Å². The van der Waals surface area contributed by atoms with E-state index in [2.05, 4.69) is 21.7 Å². The van der Waals surface area contributed by atoms with Crippen LogP contribution < -0.4 is 0 Å². The minimum atomic E-state index is 0.347. The van der Waals surface area contributed by atoms with Crippen molar-refractivity contribution in [3.05, 3.63) is 22.4 Å². The first-order valence-corrected chi connectivity index (χ1v) is 7.13.